The summed E-state index contributed by atoms with van der Waals surface area (Å²) in [5, 5.41) is 3.88. The van der Waals surface area contributed by atoms with Crippen molar-refractivity contribution in [1.29, 1.82) is 0 Å². The SMILES string of the molecule is Cc1ccc(-c2noc(CCC(=O)N3CCN(C(=O)Cc4ccccn4)CC3)n2)cc1F. The first-order valence-electron chi connectivity index (χ1n) is 10.5. The van der Waals surface area contributed by atoms with Crippen LogP contribution in [0.25, 0.3) is 11.4 Å². The van der Waals surface area contributed by atoms with Crippen LogP contribution >= 0.6 is 0 Å². The Kier molecular flexibility index (Phi) is 6.53. The molecule has 1 fully saturated rings. The number of carbonyl (C=O) groups excluding carboxylic acids is 2. The van der Waals surface area contributed by atoms with Crippen molar-refractivity contribution in [2.45, 2.75) is 26.2 Å². The van der Waals surface area contributed by atoms with E-state index in [0.717, 1.165) is 5.69 Å². The average Bonchev–Trinajstić information content (AvgIpc) is 3.29. The second-order valence-corrected chi connectivity index (χ2v) is 7.74. The minimum absolute atomic E-state index is 0.0155. The van der Waals surface area contributed by atoms with Gasteiger partial charge in [0.05, 0.1) is 6.42 Å². The van der Waals surface area contributed by atoms with Crippen LogP contribution in [0.15, 0.2) is 47.1 Å². The second kappa shape index (κ2) is 9.67. The fourth-order valence-corrected chi connectivity index (χ4v) is 3.55. The maximum atomic E-state index is 13.8. The summed E-state index contributed by atoms with van der Waals surface area (Å²) in [7, 11) is 0. The zero-order valence-corrected chi connectivity index (χ0v) is 17.8. The molecule has 9 heteroatoms. The van der Waals surface area contributed by atoms with Crippen LogP contribution in [0, 0.1) is 12.7 Å². The lowest BCUT2D eigenvalue weighted by Gasteiger charge is -2.34. The summed E-state index contributed by atoms with van der Waals surface area (Å²) in [6, 6.07) is 10.3. The summed E-state index contributed by atoms with van der Waals surface area (Å²) in [4.78, 5) is 37.0. The number of rotatable bonds is 6. The van der Waals surface area contributed by atoms with Crippen molar-refractivity contribution in [2.24, 2.45) is 0 Å². The average molecular weight is 437 g/mol. The van der Waals surface area contributed by atoms with E-state index in [1.165, 1.54) is 6.07 Å². The monoisotopic (exact) mass is 437 g/mol. The van der Waals surface area contributed by atoms with Gasteiger partial charge in [0.25, 0.3) is 0 Å². The number of nitrogens with zero attached hydrogens (tertiary/aromatic N) is 5. The summed E-state index contributed by atoms with van der Waals surface area (Å²) < 4.78 is 19.0. The molecule has 3 heterocycles. The number of piperazine rings is 1. The van der Waals surface area contributed by atoms with Crippen LogP contribution in [0.3, 0.4) is 0 Å². The van der Waals surface area contributed by atoms with Crippen LogP contribution in [0.1, 0.15) is 23.6 Å². The molecule has 0 unspecified atom stereocenters. The van der Waals surface area contributed by atoms with Gasteiger partial charge in [0.15, 0.2) is 0 Å². The number of amides is 2. The molecule has 0 bridgehead atoms. The lowest BCUT2D eigenvalue weighted by Crippen LogP contribution is -2.51. The van der Waals surface area contributed by atoms with Crippen LogP contribution in [-0.4, -0.2) is 62.9 Å². The first kappa shape index (κ1) is 21.6. The summed E-state index contributed by atoms with van der Waals surface area (Å²) >= 11 is 0. The summed E-state index contributed by atoms with van der Waals surface area (Å²) in [6.45, 7) is 3.67. The van der Waals surface area contributed by atoms with Gasteiger partial charge in [-0.1, -0.05) is 23.4 Å². The van der Waals surface area contributed by atoms with Crippen LogP contribution in [0.4, 0.5) is 4.39 Å². The highest BCUT2D eigenvalue weighted by atomic mass is 19.1. The molecule has 1 aliphatic heterocycles. The highest BCUT2D eigenvalue weighted by Crippen LogP contribution is 2.19. The fourth-order valence-electron chi connectivity index (χ4n) is 3.55. The zero-order valence-electron chi connectivity index (χ0n) is 17.8. The Morgan fingerprint density at radius 1 is 1.06 bits per heavy atom. The summed E-state index contributed by atoms with van der Waals surface area (Å²) in [6.07, 6.45) is 2.47. The Balaban J connectivity index is 1.24. The van der Waals surface area contributed by atoms with Crippen LogP contribution < -0.4 is 0 Å². The third-order valence-electron chi connectivity index (χ3n) is 5.49. The number of carbonyl (C=O) groups is 2. The number of halogens is 1. The van der Waals surface area contributed by atoms with Gasteiger partial charge in [-0.3, -0.25) is 14.6 Å². The van der Waals surface area contributed by atoms with E-state index < -0.39 is 0 Å². The van der Waals surface area contributed by atoms with Crippen molar-refractivity contribution in [2.75, 3.05) is 26.2 Å². The number of aromatic nitrogens is 3. The molecule has 4 rings (SSSR count). The van der Waals surface area contributed by atoms with Crippen molar-refractivity contribution < 1.29 is 18.5 Å². The molecule has 0 radical (unpaired) electrons. The van der Waals surface area contributed by atoms with Gasteiger partial charge in [-0.25, -0.2) is 4.39 Å². The molecule has 2 aromatic heterocycles. The second-order valence-electron chi connectivity index (χ2n) is 7.74. The van der Waals surface area contributed by atoms with E-state index in [4.69, 9.17) is 4.52 Å². The minimum Gasteiger partial charge on any atom is -0.339 e. The van der Waals surface area contributed by atoms with Gasteiger partial charge >= 0.3 is 0 Å². The maximum absolute atomic E-state index is 13.8. The highest BCUT2D eigenvalue weighted by molar-refractivity contribution is 5.79. The van der Waals surface area contributed by atoms with Gasteiger partial charge in [-0.05, 0) is 30.7 Å². The number of aryl methyl sites for hydroxylation is 2. The normalized spacial score (nSPS) is 13.9. The van der Waals surface area contributed by atoms with E-state index in [9.17, 15) is 14.0 Å². The smallest absolute Gasteiger partial charge is 0.228 e. The number of hydrogen-bond acceptors (Lipinski definition) is 6. The Morgan fingerprint density at radius 2 is 1.81 bits per heavy atom. The molecule has 1 aromatic carbocycles. The lowest BCUT2D eigenvalue weighted by atomic mass is 10.1. The van der Waals surface area contributed by atoms with Crippen molar-refractivity contribution in [3.63, 3.8) is 0 Å². The zero-order chi connectivity index (χ0) is 22.5. The van der Waals surface area contributed by atoms with Gasteiger partial charge in [0.1, 0.15) is 5.82 Å². The predicted molar refractivity (Wildman–Crippen MR) is 114 cm³/mol. The molecule has 0 N–H and O–H groups in total. The van der Waals surface area contributed by atoms with E-state index in [1.807, 2.05) is 18.2 Å². The van der Waals surface area contributed by atoms with Gasteiger partial charge < -0.3 is 14.3 Å². The van der Waals surface area contributed by atoms with Crippen molar-refractivity contribution in [1.82, 2.24) is 24.9 Å². The van der Waals surface area contributed by atoms with E-state index in [-0.39, 0.29) is 30.5 Å². The number of benzene rings is 1. The van der Waals surface area contributed by atoms with Gasteiger partial charge in [-0.15, -0.1) is 0 Å². The molecular formula is C23H24FN5O3. The topological polar surface area (TPSA) is 92.4 Å². The molecule has 8 nitrogen and oxygen atoms in total. The first-order chi connectivity index (χ1) is 15.5. The predicted octanol–water partition coefficient (Wildman–Crippen LogP) is 2.43. The number of pyridine rings is 1. The molecule has 2 amide bonds. The molecule has 3 aromatic rings. The molecule has 0 spiro atoms. The summed E-state index contributed by atoms with van der Waals surface area (Å²) in [5.41, 5.74) is 1.81. The molecule has 0 aliphatic carbocycles. The molecule has 166 valence electrons. The highest BCUT2D eigenvalue weighted by Gasteiger charge is 2.24. The quantitative estimate of drug-likeness (QED) is 0.588. The molecule has 32 heavy (non-hydrogen) atoms. The van der Waals surface area contributed by atoms with Gasteiger partial charge in [0, 0.05) is 56.5 Å². The van der Waals surface area contributed by atoms with E-state index in [1.54, 1.807) is 35.1 Å². The van der Waals surface area contributed by atoms with Gasteiger partial charge in [0.2, 0.25) is 23.5 Å². The Morgan fingerprint density at radius 3 is 2.50 bits per heavy atom. The third-order valence-corrected chi connectivity index (χ3v) is 5.49. The Bertz CT molecular complexity index is 1090. The van der Waals surface area contributed by atoms with Crippen molar-refractivity contribution in [3.05, 3.63) is 65.6 Å². The van der Waals surface area contributed by atoms with E-state index >= 15 is 0 Å². The fraction of sp³-hybridized carbons (Fsp3) is 0.348. The molecule has 0 saturated carbocycles. The largest absolute Gasteiger partial charge is 0.339 e. The van der Waals surface area contributed by atoms with Crippen molar-refractivity contribution in [3.8, 4) is 11.4 Å². The molecular weight excluding hydrogens is 413 g/mol. The van der Waals surface area contributed by atoms with Crippen LogP contribution in [0.5, 0.6) is 0 Å². The standard InChI is InChI=1S/C23H24FN5O3/c1-16-5-6-17(14-19(16)24)23-26-20(32-27-23)7-8-21(30)28-10-12-29(13-11-28)22(31)15-18-4-2-3-9-25-18/h2-6,9,14H,7-8,10-13,15H2,1H3. The van der Waals surface area contributed by atoms with Crippen LogP contribution in [-0.2, 0) is 22.4 Å². The third kappa shape index (κ3) is 5.16. The molecule has 0 atom stereocenters. The Hall–Kier alpha value is -3.62. The molecule has 1 aliphatic rings. The maximum Gasteiger partial charge on any atom is 0.228 e. The van der Waals surface area contributed by atoms with Crippen molar-refractivity contribution >= 4 is 11.8 Å². The van der Waals surface area contributed by atoms with E-state index in [0.29, 0.717) is 55.4 Å². The first-order valence-corrected chi connectivity index (χ1v) is 10.5. The van der Waals surface area contributed by atoms with Gasteiger partial charge in [-0.2, -0.15) is 4.98 Å². The lowest BCUT2D eigenvalue weighted by molar-refractivity contribution is -0.139. The minimum atomic E-state index is -0.332. The Labute approximate surface area is 185 Å². The van der Waals surface area contributed by atoms with E-state index in [2.05, 4.69) is 15.1 Å². The summed E-state index contributed by atoms with van der Waals surface area (Å²) in [5.74, 6) is 0.288. The van der Waals surface area contributed by atoms with Crippen LogP contribution in [0.2, 0.25) is 0 Å². The molecule has 1 saturated heterocycles. The number of hydrogen-bond donors (Lipinski definition) is 0.